The number of nitrogens with zero attached hydrogens (tertiary/aromatic N) is 2. The Bertz CT molecular complexity index is 2670. The summed E-state index contributed by atoms with van der Waals surface area (Å²) >= 11 is 0. The molecule has 9 rings (SSSR count). The van der Waals surface area contributed by atoms with Crippen molar-refractivity contribution in [3.63, 3.8) is 0 Å². The van der Waals surface area contributed by atoms with E-state index in [1.165, 1.54) is 88.4 Å². The van der Waals surface area contributed by atoms with Crippen LogP contribution in [0.3, 0.4) is 0 Å². The molecule has 0 radical (unpaired) electrons. The van der Waals surface area contributed by atoms with E-state index in [0.717, 1.165) is 17.7 Å². The second-order valence-electron chi connectivity index (χ2n) is 13.6. The lowest BCUT2D eigenvalue weighted by Crippen LogP contribution is -2.07. The third-order valence-electron chi connectivity index (χ3n) is 10.7. The second-order valence-corrected chi connectivity index (χ2v) is 13.6. The number of fused-ring (bicyclic) bond motifs is 3. The van der Waals surface area contributed by atoms with Gasteiger partial charge in [-0.1, -0.05) is 116 Å². The van der Waals surface area contributed by atoms with Gasteiger partial charge in [-0.15, -0.1) is 0 Å². The van der Waals surface area contributed by atoms with Crippen molar-refractivity contribution in [1.29, 1.82) is 0 Å². The molecule has 1 heterocycles. The molecule has 1 unspecified atom stereocenters. The van der Waals surface area contributed by atoms with E-state index >= 15 is 0 Å². The Kier molecular flexibility index (Phi) is 7.14. The number of para-hydroxylation sites is 1. The van der Waals surface area contributed by atoms with Crippen molar-refractivity contribution in [1.82, 2.24) is 4.57 Å². The second kappa shape index (κ2) is 11.9. The summed E-state index contributed by atoms with van der Waals surface area (Å²) in [4.78, 5) is 4.89. The molecule has 0 saturated carbocycles. The average Bonchev–Trinajstić information content (AvgIpc) is 3.65. The first-order chi connectivity index (χ1) is 24.5. The molecule has 0 saturated heterocycles. The van der Waals surface area contributed by atoms with Gasteiger partial charge in [-0.25, -0.2) is 0 Å². The highest BCUT2D eigenvalue weighted by molar-refractivity contribution is 6.17. The molecule has 2 aliphatic rings. The monoisotopic (exact) mass is 642 g/mol. The summed E-state index contributed by atoms with van der Waals surface area (Å²) in [6.45, 7) is 11.1. The normalized spacial score (nSPS) is 15.6. The zero-order valence-corrected chi connectivity index (χ0v) is 28.7. The average molecular weight is 643 g/mol. The van der Waals surface area contributed by atoms with E-state index in [0.29, 0.717) is 0 Å². The van der Waals surface area contributed by atoms with Crippen LogP contribution in [-0.2, 0) is 0 Å². The molecule has 2 heteroatoms. The van der Waals surface area contributed by atoms with Crippen molar-refractivity contribution in [2.45, 2.75) is 27.2 Å². The standard InChI is InChI=1S/C48H38N2/c1-5-49-48-41-18-11-14-34-13-10-17-40(47(34)41)46(48)32(4)33-22-25-37(26-23-33)50-44-19-9-8-16-39(44)43-29-36(24-27-45(43)50)35-21-20-31(3)42(28-35)38-15-7-6-12-30(38)2/h5-22,24-29,33H,4,23H2,1-3H3. The number of aromatic nitrogens is 1. The summed E-state index contributed by atoms with van der Waals surface area (Å²) in [6, 6.07) is 44.4. The van der Waals surface area contributed by atoms with Gasteiger partial charge in [0.05, 0.1) is 16.7 Å². The van der Waals surface area contributed by atoms with Crippen LogP contribution < -0.4 is 0 Å². The van der Waals surface area contributed by atoms with E-state index in [9.17, 15) is 0 Å². The van der Waals surface area contributed by atoms with Gasteiger partial charge in [0, 0.05) is 39.7 Å². The van der Waals surface area contributed by atoms with Crippen molar-refractivity contribution in [2.75, 3.05) is 0 Å². The Balaban J connectivity index is 1.08. The van der Waals surface area contributed by atoms with E-state index in [1.54, 1.807) is 0 Å². The molecule has 0 N–H and O–H groups in total. The van der Waals surface area contributed by atoms with Gasteiger partial charge in [-0.3, -0.25) is 4.99 Å². The first kappa shape index (κ1) is 30.1. The van der Waals surface area contributed by atoms with Crippen LogP contribution >= 0.6 is 0 Å². The lowest BCUT2D eigenvalue weighted by atomic mass is 9.85. The number of allylic oxidation sites excluding steroid dienone is 6. The molecule has 6 aromatic carbocycles. The molecule has 240 valence electrons. The molecule has 0 spiro atoms. The molecule has 0 amide bonds. The summed E-state index contributed by atoms with van der Waals surface area (Å²) in [5.74, 6) is 0.184. The van der Waals surface area contributed by atoms with Gasteiger partial charge in [0.15, 0.2) is 0 Å². The summed E-state index contributed by atoms with van der Waals surface area (Å²) in [5, 5.41) is 5.06. The minimum Gasteiger partial charge on any atom is -0.310 e. The van der Waals surface area contributed by atoms with E-state index in [-0.39, 0.29) is 5.92 Å². The van der Waals surface area contributed by atoms with Crippen LogP contribution in [0, 0.1) is 19.8 Å². The van der Waals surface area contributed by atoms with E-state index in [4.69, 9.17) is 11.6 Å². The number of aryl methyl sites for hydroxylation is 2. The van der Waals surface area contributed by atoms with Gasteiger partial charge in [-0.2, -0.15) is 0 Å². The van der Waals surface area contributed by atoms with Crippen molar-refractivity contribution >= 4 is 55.8 Å². The van der Waals surface area contributed by atoms with Crippen LogP contribution in [0.25, 0.3) is 71.8 Å². The Morgan fingerprint density at radius 3 is 2.20 bits per heavy atom. The molecule has 1 atom stereocenters. The highest BCUT2D eigenvalue weighted by Gasteiger charge is 2.28. The van der Waals surface area contributed by atoms with Crippen LogP contribution in [0.2, 0.25) is 0 Å². The van der Waals surface area contributed by atoms with Gasteiger partial charge in [0.1, 0.15) is 0 Å². The van der Waals surface area contributed by atoms with Crippen molar-refractivity contribution in [3.05, 3.63) is 174 Å². The Morgan fingerprint density at radius 1 is 0.700 bits per heavy atom. The zero-order valence-electron chi connectivity index (χ0n) is 28.7. The first-order valence-corrected chi connectivity index (χ1v) is 17.6. The third-order valence-corrected chi connectivity index (χ3v) is 10.7. The lowest BCUT2D eigenvalue weighted by Gasteiger charge is -2.22. The fourth-order valence-corrected chi connectivity index (χ4v) is 8.21. The molecule has 7 aromatic rings. The quantitative estimate of drug-likeness (QED) is 0.161. The van der Waals surface area contributed by atoms with Crippen molar-refractivity contribution in [3.8, 4) is 22.3 Å². The van der Waals surface area contributed by atoms with Gasteiger partial charge in [-0.05, 0) is 113 Å². The molecule has 2 nitrogen and oxygen atoms in total. The Morgan fingerprint density at radius 2 is 1.40 bits per heavy atom. The molecule has 2 aliphatic carbocycles. The highest BCUT2D eigenvalue weighted by Crippen LogP contribution is 2.48. The smallest absolute Gasteiger partial charge is 0.0785 e. The Labute approximate surface area is 293 Å². The van der Waals surface area contributed by atoms with Crippen LogP contribution in [0.1, 0.15) is 35.6 Å². The van der Waals surface area contributed by atoms with Crippen molar-refractivity contribution in [2.24, 2.45) is 10.9 Å². The topological polar surface area (TPSA) is 17.3 Å². The zero-order chi connectivity index (χ0) is 33.9. The summed E-state index contributed by atoms with van der Waals surface area (Å²) < 4.78 is 2.43. The fraction of sp³-hybridized carbons (Fsp3) is 0.104. The molecule has 50 heavy (non-hydrogen) atoms. The van der Waals surface area contributed by atoms with E-state index in [1.807, 2.05) is 13.1 Å². The molecule has 0 fully saturated rings. The van der Waals surface area contributed by atoms with Gasteiger partial charge >= 0.3 is 0 Å². The largest absolute Gasteiger partial charge is 0.310 e. The van der Waals surface area contributed by atoms with Gasteiger partial charge < -0.3 is 4.57 Å². The number of benzene rings is 6. The molecule has 0 aliphatic heterocycles. The maximum atomic E-state index is 4.89. The maximum Gasteiger partial charge on any atom is 0.0785 e. The summed E-state index contributed by atoms with van der Waals surface area (Å²) in [5.41, 5.74) is 17.0. The molecular weight excluding hydrogens is 605 g/mol. The Hall–Kier alpha value is -5.99. The minimum atomic E-state index is 0.184. The van der Waals surface area contributed by atoms with E-state index in [2.05, 4.69) is 158 Å². The van der Waals surface area contributed by atoms with E-state index < -0.39 is 0 Å². The first-order valence-electron chi connectivity index (χ1n) is 17.6. The SMILES string of the molecule is C=C(C1=C(N=CC)c2cccc3cccc1c23)C1C=CC(n2c3ccccc3c3cc(-c4ccc(C)c(-c5ccccc5C)c4)ccc32)=CC1. The molecule has 1 aromatic heterocycles. The number of aliphatic imine (C=N–C) groups is 1. The third kappa shape index (κ3) is 4.67. The number of hydrogen-bond donors (Lipinski definition) is 0. The summed E-state index contributed by atoms with van der Waals surface area (Å²) in [7, 11) is 0. The predicted octanol–water partition coefficient (Wildman–Crippen LogP) is 12.8. The van der Waals surface area contributed by atoms with Gasteiger partial charge in [0.2, 0.25) is 0 Å². The van der Waals surface area contributed by atoms with Crippen LogP contribution in [0.4, 0.5) is 0 Å². The van der Waals surface area contributed by atoms with Crippen molar-refractivity contribution < 1.29 is 0 Å². The predicted molar refractivity (Wildman–Crippen MR) is 215 cm³/mol. The van der Waals surface area contributed by atoms with Crippen LogP contribution in [0.5, 0.6) is 0 Å². The molecule has 0 bridgehead atoms. The maximum absolute atomic E-state index is 4.89. The lowest BCUT2D eigenvalue weighted by molar-refractivity contribution is 0.792. The highest BCUT2D eigenvalue weighted by atomic mass is 15.0. The van der Waals surface area contributed by atoms with Gasteiger partial charge in [0.25, 0.3) is 0 Å². The van der Waals surface area contributed by atoms with Crippen LogP contribution in [0.15, 0.2) is 157 Å². The fourth-order valence-electron chi connectivity index (χ4n) is 8.21. The minimum absolute atomic E-state index is 0.184. The van der Waals surface area contributed by atoms with Crippen LogP contribution in [-0.4, -0.2) is 10.8 Å². The number of rotatable bonds is 6. The summed E-state index contributed by atoms with van der Waals surface area (Å²) in [6.07, 6.45) is 9.80. The number of hydrogen-bond acceptors (Lipinski definition) is 1. The molecular formula is C48H38N2.